The van der Waals surface area contributed by atoms with Gasteiger partial charge in [-0.15, -0.1) is 0 Å². The number of aliphatic hydroxyl groups excluding tert-OH is 1. The van der Waals surface area contributed by atoms with Crippen LogP contribution in [0.4, 0.5) is 0 Å². The van der Waals surface area contributed by atoms with Gasteiger partial charge in [0, 0.05) is 38.3 Å². The lowest BCUT2D eigenvalue weighted by Crippen LogP contribution is -2.55. The number of rotatable bonds is 4. The van der Waals surface area contributed by atoms with E-state index in [0.29, 0.717) is 12.1 Å². The maximum Gasteiger partial charge on any atom is 0.0446 e. The molecule has 1 heterocycles. The van der Waals surface area contributed by atoms with E-state index in [2.05, 4.69) is 47.5 Å². The fourth-order valence-electron chi connectivity index (χ4n) is 2.38. The number of benzene rings is 1. The Labute approximate surface area is 103 Å². The van der Waals surface area contributed by atoms with Gasteiger partial charge in [-0.25, -0.2) is 0 Å². The van der Waals surface area contributed by atoms with Crippen LogP contribution in [0.2, 0.25) is 0 Å². The molecule has 1 aromatic rings. The molecule has 0 bridgehead atoms. The van der Waals surface area contributed by atoms with Gasteiger partial charge in [0.2, 0.25) is 0 Å². The monoisotopic (exact) mass is 234 g/mol. The molecular weight excluding hydrogens is 212 g/mol. The molecule has 1 aromatic carbocycles. The molecule has 0 radical (unpaired) electrons. The van der Waals surface area contributed by atoms with Crippen molar-refractivity contribution in [2.24, 2.45) is 0 Å². The van der Waals surface area contributed by atoms with Crippen molar-refractivity contribution in [2.45, 2.75) is 32.0 Å². The zero-order chi connectivity index (χ0) is 12.1. The van der Waals surface area contributed by atoms with E-state index < -0.39 is 0 Å². The van der Waals surface area contributed by atoms with Crippen molar-refractivity contribution in [3.63, 3.8) is 0 Å². The minimum Gasteiger partial charge on any atom is -0.396 e. The SMILES string of the molecule is CC1CNC(CCO)CN1Cc1ccccc1. The average molecular weight is 234 g/mol. The van der Waals surface area contributed by atoms with Crippen LogP contribution in [0.5, 0.6) is 0 Å². The molecule has 2 rings (SSSR count). The molecule has 17 heavy (non-hydrogen) atoms. The summed E-state index contributed by atoms with van der Waals surface area (Å²) in [5, 5.41) is 12.5. The van der Waals surface area contributed by atoms with Crippen LogP contribution < -0.4 is 5.32 Å². The van der Waals surface area contributed by atoms with Gasteiger partial charge in [-0.05, 0) is 18.9 Å². The van der Waals surface area contributed by atoms with Gasteiger partial charge in [-0.1, -0.05) is 30.3 Å². The van der Waals surface area contributed by atoms with Crippen LogP contribution in [-0.2, 0) is 6.54 Å². The first-order valence-electron chi connectivity index (χ1n) is 6.42. The summed E-state index contributed by atoms with van der Waals surface area (Å²) in [5.41, 5.74) is 1.36. The number of nitrogens with zero attached hydrogens (tertiary/aromatic N) is 1. The largest absolute Gasteiger partial charge is 0.396 e. The lowest BCUT2D eigenvalue weighted by molar-refractivity contribution is 0.120. The molecule has 1 aliphatic heterocycles. The third-order valence-corrected chi connectivity index (χ3v) is 3.49. The molecule has 2 unspecified atom stereocenters. The number of nitrogens with one attached hydrogen (secondary N) is 1. The molecule has 0 aromatic heterocycles. The minimum atomic E-state index is 0.269. The van der Waals surface area contributed by atoms with Crippen molar-refractivity contribution in [1.29, 1.82) is 0 Å². The highest BCUT2D eigenvalue weighted by Gasteiger charge is 2.24. The van der Waals surface area contributed by atoms with Crippen molar-refractivity contribution in [2.75, 3.05) is 19.7 Å². The second kappa shape index (κ2) is 6.15. The van der Waals surface area contributed by atoms with E-state index in [4.69, 9.17) is 5.11 Å². The van der Waals surface area contributed by atoms with Crippen molar-refractivity contribution < 1.29 is 5.11 Å². The molecule has 2 atom stereocenters. The molecule has 1 saturated heterocycles. The normalized spacial score (nSPS) is 26.0. The van der Waals surface area contributed by atoms with Gasteiger partial charge in [0.1, 0.15) is 0 Å². The molecule has 3 nitrogen and oxygen atoms in total. The highest BCUT2D eigenvalue weighted by atomic mass is 16.3. The summed E-state index contributed by atoms with van der Waals surface area (Å²) in [5.74, 6) is 0. The summed E-state index contributed by atoms with van der Waals surface area (Å²) in [7, 11) is 0. The average Bonchev–Trinajstić information content (AvgIpc) is 2.35. The molecule has 0 aliphatic carbocycles. The Bertz CT molecular complexity index is 328. The number of aliphatic hydroxyl groups is 1. The van der Waals surface area contributed by atoms with Gasteiger partial charge < -0.3 is 10.4 Å². The molecule has 0 amide bonds. The summed E-state index contributed by atoms with van der Waals surface area (Å²) in [4.78, 5) is 2.49. The van der Waals surface area contributed by atoms with Crippen LogP contribution >= 0.6 is 0 Å². The molecule has 0 saturated carbocycles. The van der Waals surface area contributed by atoms with E-state index in [1.807, 2.05) is 0 Å². The van der Waals surface area contributed by atoms with Crippen molar-refractivity contribution in [3.05, 3.63) is 35.9 Å². The second-order valence-electron chi connectivity index (χ2n) is 4.88. The molecule has 3 heteroatoms. The first-order valence-corrected chi connectivity index (χ1v) is 6.42. The Morgan fingerprint density at radius 3 is 2.82 bits per heavy atom. The molecule has 1 fully saturated rings. The summed E-state index contributed by atoms with van der Waals surface area (Å²) in [6, 6.07) is 11.6. The predicted molar refractivity (Wildman–Crippen MR) is 69.8 cm³/mol. The van der Waals surface area contributed by atoms with Crippen molar-refractivity contribution in [1.82, 2.24) is 10.2 Å². The second-order valence-corrected chi connectivity index (χ2v) is 4.88. The summed E-state index contributed by atoms with van der Waals surface area (Å²) >= 11 is 0. The van der Waals surface area contributed by atoms with Crippen LogP contribution in [0.1, 0.15) is 18.9 Å². The predicted octanol–water partition coefficient (Wildman–Crippen LogP) is 1.23. The molecular formula is C14H22N2O. The smallest absolute Gasteiger partial charge is 0.0446 e. The van der Waals surface area contributed by atoms with Crippen LogP contribution in [0, 0.1) is 0 Å². The lowest BCUT2D eigenvalue weighted by Gasteiger charge is -2.38. The first-order chi connectivity index (χ1) is 8.29. The van der Waals surface area contributed by atoms with Crippen LogP contribution in [0.15, 0.2) is 30.3 Å². The maximum absolute atomic E-state index is 9.00. The summed E-state index contributed by atoms with van der Waals surface area (Å²) in [6.07, 6.45) is 0.845. The van der Waals surface area contributed by atoms with Gasteiger partial charge in [0.15, 0.2) is 0 Å². The molecule has 2 N–H and O–H groups in total. The third kappa shape index (κ3) is 3.53. The maximum atomic E-state index is 9.00. The Balaban J connectivity index is 1.94. The van der Waals surface area contributed by atoms with E-state index in [-0.39, 0.29) is 6.61 Å². The van der Waals surface area contributed by atoms with Gasteiger partial charge in [-0.3, -0.25) is 4.90 Å². The molecule has 0 spiro atoms. The number of piperazine rings is 1. The van der Waals surface area contributed by atoms with E-state index >= 15 is 0 Å². The summed E-state index contributed by atoms with van der Waals surface area (Å²) < 4.78 is 0. The van der Waals surface area contributed by atoms with E-state index in [0.717, 1.165) is 26.1 Å². The summed E-state index contributed by atoms with van der Waals surface area (Å²) in [6.45, 7) is 5.57. The van der Waals surface area contributed by atoms with Crippen molar-refractivity contribution in [3.8, 4) is 0 Å². The van der Waals surface area contributed by atoms with Gasteiger partial charge in [-0.2, -0.15) is 0 Å². The van der Waals surface area contributed by atoms with E-state index in [9.17, 15) is 0 Å². The number of hydrogen-bond acceptors (Lipinski definition) is 3. The lowest BCUT2D eigenvalue weighted by atomic mass is 10.1. The Kier molecular flexibility index (Phi) is 4.54. The van der Waals surface area contributed by atoms with Crippen LogP contribution in [0.3, 0.4) is 0 Å². The zero-order valence-electron chi connectivity index (χ0n) is 10.5. The van der Waals surface area contributed by atoms with E-state index in [1.54, 1.807) is 0 Å². The quantitative estimate of drug-likeness (QED) is 0.822. The topological polar surface area (TPSA) is 35.5 Å². The Morgan fingerprint density at radius 1 is 1.35 bits per heavy atom. The Morgan fingerprint density at radius 2 is 2.12 bits per heavy atom. The van der Waals surface area contributed by atoms with Crippen LogP contribution in [0.25, 0.3) is 0 Å². The number of hydrogen-bond donors (Lipinski definition) is 2. The zero-order valence-corrected chi connectivity index (χ0v) is 10.5. The third-order valence-electron chi connectivity index (χ3n) is 3.49. The molecule has 1 aliphatic rings. The minimum absolute atomic E-state index is 0.269. The van der Waals surface area contributed by atoms with Crippen LogP contribution in [-0.4, -0.2) is 41.8 Å². The van der Waals surface area contributed by atoms with Gasteiger partial charge in [0.25, 0.3) is 0 Å². The van der Waals surface area contributed by atoms with Crippen molar-refractivity contribution >= 4 is 0 Å². The molecule has 94 valence electrons. The highest BCUT2D eigenvalue weighted by molar-refractivity contribution is 5.14. The fraction of sp³-hybridized carbons (Fsp3) is 0.571. The van der Waals surface area contributed by atoms with E-state index in [1.165, 1.54) is 5.56 Å². The highest BCUT2D eigenvalue weighted by Crippen LogP contribution is 2.13. The fourth-order valence-corrected chi connectivity index (χ4v) is 2.38. The standard InChI is InChI=1S/C14H22N2O/c1-12-9-15-14(7-8-17)11-16(12)10-13-5-3-2-4-6-13/h2-6,12,14-15,17H,7-11H2,1H3. The Hall–Kier alpha value is -0.900. The van der Waals surface area contributed by atoms with Gasteiger partial charge in [0.05, 0.1) is 0 Å². The van der Waals surface area contributed by atoms with Gasteiger partial charge >= 0.3 is 0 Å². The first kappa shape index (κ1) is 12.6.